The summed E-state index contributed by atoms with van der Waals surface area (Å²) in [5, 5.41) is 6.75. The molecule has 2 N–H and O–H groups in total. The molecule has 0 atom stereocenters. The first-order valence-electron chi connectivity index (χ1n) is 9.32. The summed E-state index contributed by atoms with van der Waals surface area (Å²) in [4.78, 5) is 24.7. The minimum atomic E-state index is -0.608. The van der Waals surface area contributed by atoms with Crippen LogP contribution >= 0.6 is 34.8 Å². The van der Waals surface area contributed by atoms with Gasteiger partial charge in [-0.15, -0.1) is 0 Å². The van der Waals surface area contributed by atoms with Crippen molar-refractivity contribution in [1.82, 2.24) is 10.6 Å². The molecular formula is C21H18Cl3FN2O3. The van der Waals surface area contributed by atoms with Crippen LogP contribution in [-0.4, -0.2) is 24.0 Å². The van der Waals surface area contributed by atoms with Crippen molar-refractivity contribution in [1.29, 1.82) is 0 Å². The standard InChI is InChI=1S/C21H18Cl3FN2O3/c22-14-3-1-12(5-16(14)24)7-26-19(29)20-9-21(10-20,11-20)27-18(28)8-30-13-2-4-15(23)17(25)6-13/h1-6H,7-11H2,(H,26,29)(H,27,28). The molecule has 2 amide bonds. The zero-order chi connectivity index (χ0) is 21.5. The van der Waals surface area contributed by atoms with E-state index >= 15 is 0 Å². The van der Waals surface area contributed by atoms with Crippen LogP contribution < -0.4 is 15.4 Å². The first kappa shape index (κ1) is 21.2. The maximum absolute atomic E-state index is 13.4. The third kappa shape index (κ3) is 4.09. The molecule has 0 aromatic heterocycles. The summed E-state index contributed by atoms with van der Waals surface area (Å²) in [5.41, 5.74) is 0.0826. The summed E-state index contributed by atoms with van der Waals surface area (Å²) in [5.74, 6) is -0.724. The van der Waals surface area contributed by atoms with E-state index in [2.05, 4.69) is 10.6 Å². The normalized spacial score (nSPS) is 23.7. The molecule has 0 aliphatic heterocycles. The Morgan fingerprint density at radius 3 is 2.37 bits per heavy atom. The zero-order valence-corrected chi connectivity index (χ0v) is 18.0. The highest BCUT2D eigenvalue weighted by Crippen LogP contribution is 2.67. The molecule has 3 aliphatic rings. The molecule has 5 nitrogen and oxygen atoms in total. The largest absolute Gasteiger partial charge is 0.484 e. The molecule has 3 aliphatic carbocycles. The molecule has 2 aromatic rings. The maximum Gasteiger partial charge on any atom is 0.258 e. The molecule has 0 heterocycles. The van der Waals surface area contributed by atoms with Gasteiger partial charge in [0.2, 0.25) is 5.91 Å². The van der Waals surface area contributed by atoms with Crippen molar-refractivity contribution in [3.05, 3.63) is 62.8 Å². The van der Waals surface area contributed by atoms with Crippen molar-refractivity contribution in [3.8, 4) is 5.75 Å². The molecule has 3 saturated carbocycles. The molecule has 0 saturated heterocycles. The van der Waals surface area contributed by atoms with Crippen LogP contribution in [0.5, 0.6) is 5.75 Å². The third-order valence-corrected chi connectivity index (χ3v) is 6.66. The predicted octanol–water partition coefficient (Wildman–Crippen LogP) is 4.52. The summed E-state index contributed by atoms with van der Waals surface area (Å²) >= 11 is 17.5. The van der Waals surface area contributed by atoms with Crippen LogP contribution in [0.1, 0.15) is 24.8 Å². The third-order valence-electron chi connectivity index (χ3n) is 5.61. The van der Waals surface area contributed by atoms with Crippen LogP contribution in [0.4, 0.5) is 4.39 Å². The van der Waals surface area contributed by atoms with Gasteiger partial charge in [0.05, 0.1) is 20.5 Å². The number of amides is 2. The van der Waals surface area contributed by atoms with Crippen LogP contribution in [-0.2, 0) is 16.1 Å². The van der Waals surface area contributed by atoms with Crippen molar-refractivity contribution in [2.24, 2.45) is 5.41 Å². The average Bonchev–Trinajstić information content (AvgIpc) is 2.65. The van der Waals surface area contributed by atoms with Gasteiger partial charge in [-0.3, -0.25) is 9.59 Å². The van der Waals surface area contributed by atoms with Crippen molar-refractivity contribution in [2.75, 3.05) is 6.61 Å². The number of nitrogens with one attached hydrogen (secondary N) is 2. The number of carbonyl (C=O) groups is 2. The molecule has 0 radical (unpaired) electrons. The van der Waals surface area contributed by atoms with Crippen molar-refractivity contribution >= 4 is 46.6 Å². The number of halogens is 4. The molecule has 3 fully saturated rings. The quantitative estimate of drug-likeness (QED) is 0.624. The number of carbonyl (C=O) groups excluding carboxylic acids is 2. The highest BCUT2D eigenvalue weighted by atomic mass is 35.5. The summed E-state index contributed by atoms with van der Waals surface area (Å²) in [6, 6.07) is 9.21. The van der Waals surface area contributed by atoms with Crippen LogP contribution in [0, 0.1) is 11.2 Å². The van der Waals surface area contributed by atoms with E-state index < -0.39 is 11.2 Å². The fourth-order valence-corrected chi connectivity index (χ4v) is 4.67. The number of rotatable bonds is 7. The van der Waals surface area contributed by atoms with Gasteiger partial charge in [-0.25, -0.2) is 4.39 Å². The molecular weight excluding hydrogens is 454 g/mol. The second-order valence-electron chi connectivity index (χ2n) is 7.93. The van der Waals surface area contributed by atoms with Crippen LogP contribution in [0.25, 0.3) is 0 Å². The summed E-state index contributed by atoms with van der Waals surface area (Å²) in [7, 11) is 0. The lowest BCUT2D eigenvalue weighted by Crippen LogP contribution is -2.78. The van der Waals surface area contributed by atoms with Gasteiger partial charge in [-0.05, 0) is 49.1 Å². The lowest BCUT2D eigenvalue weighted by Gasteiger charge is -2.69. The Balaban J connectivity index is 1.22. The van der Waals surface area contributed by atoms with Gasteiger partial charge in [0, 0.05) is 18.2 Å². The van der Waals surface area contributed by atoms with Crippen molar-refractivity contribution < 1.29 is 18.7 Å². The van der Waals surface area contributed by atoms with Gasteiger partial charge >= 0.3 is 0 Å². The molecule has 0 spiro atoms. The van der Waals surface area contributed by atoms with Gasteiger partial charge in [0.25, 0.3) is 5.91 Å². The monoisotopic (exact) mass is 470 g/mol. The van der Waals surface area contributed by atoms with Crippen molar-refractivity contribution in [2.45, 2.75) is 31.3 Å². The van der Waals surface area contributed by atoms with Crippen LogP contribution in [0.15, 0.2) is 36.4 Å². The number of ether oxygens (including phenoxy) is 1. The van der Waals surface area contributed by atoms with E-state index in [1.165, 1.54) is 12.1 Å². The molecule has 2 aromatic carbocycles. The Bertz CT molecular complexity index is 1010. The topological polar surface area (TPSA) is 67.4 Å². The van der Waals surface area contributed by atoms with E-state index in [1.54, 1.807) is 12.1 Å². The summed E-state index contributed by atoms with van der Waals surface area (Å²) in [6.07, 6.45) is 1.78. The van der Waals surface area contributed by atoms with E-state index in [4.69, 9.17) is 39.5 Å². The first-order chi connectivity index (χ1) is 14.2. The van der Waals surface area contributed by atoms with Crippen molar-refractivity contribution in [3.63, 3.8) is 0 Å². The first-order valence-corrected chi connectivity index (χ1v) is 10.4. The van der Waals surface area contributed by atoms with E-state index in [0.29, 0.717) is 35.9 Å². The minimum absolute atomic E-state index is 0.0107. The Kier molecular flexibility index (Phi) is 5.60. The molecule has 0 unspecified atom stereocenters. The number of hydrogen-bond donors (Lipinski definition) is 2. The van der Waals surface area contributed by atoms with Gasteiger partial charge in [-0.2, -0.15) is 0 Å². The Labute approximate surface area is 187 Å². The molecule has 9 heteroatoms. The zero-order valence-electron chi connectivity index (χ0n) is 15.7. The predicted molar refractivity (Wildman–Crippen MR) is 112 cm³/mol. The fourth-order valence-electron chi connectivity index (χ4n) is 4.23. The highest BCUT2D eigenvalue weighted by Gasteiger charge is 2.72. The summed E-state index contributed by atoms with van der Waals surface area (Å²) < 4.78 is 18.7. The average molecular weight is 472 g/mol. The van der Waals surface area contributed by atoms with E-state index in [1.807, 2.05) is 6.07 Å². The minimum Gasteiger partial charge on any atom is -0.484 e. The number of benzene rings is 2. The molecule has 158 valence electrons. The highest BCUT2D eigenvalue weighted by molar-refractivity contribution is 6.42. The van der Waals surface area contributed by atoms with Crippen LogP contribution in [0.2, 0.25) is 15.1 Å². The second-order valence-corrected chi connectivity index (χ2v) is 9.16. The molecule has 2 bridgehead atoms. The second kappa shape index (κ2) is 7.91. The van der Waals surface area contributed by atoms with Gasteiger partial charge in [0.1, 0.15) is 11.6 Å². The van der Waals surface area contributed by atoms with Gasteiger partial charge < -0.3 is 15.4 Å². The lowest BCUT2D eigenvalue weighted by molar-refractivity contribution is -0.184. The van der Waals surface area contributed by atoms with Gasteiger partial charge in [-0.1, -0.05) is 40.9 Å². The SMILES string of the molecule is O=C(COc1ccc(Cl)c(F)c1)NC12CC(C(=O)NCc3ccc(Cl)c(Cl)c3)(C1)C2. The van der Waals surface area contributed by atoms with E-state index in [-0.39, 0.29) is 34.7 Å². The smallest absolute Gasteiger partial charge is 0.258 e. The fraction of sp³-hybridized carbons (Fsp3) is 0.333. The summed E-state index contributed by atoms with van der Waals surface area (Å²) in [6.45, 7) is 0.127. The van der Waals surface area contributed by atoms with E-state index in [0.717, 1.165) is 11.6 Å². The Morgan fingerprint density at radius 2 is 1.70 bits per heavy atom. The molecule has 30 heavy (non-hydrogen) atoms. The Morgan fingerprint density at radius 1 is 1.00 bits per heavy atom. The Hall–Kier alpha value is -2.02. The van der Waals surface area contributed by atoms with E-state index in [9.17, 15) is 14.0 Å². The number of hydrogen-bond acceptors (Lipinski definition) is 3. The van der Waals surface area contributed by atoms with Crippen LogP contribution in [0.3, 0.4) is 0 Å². The molecule has 5 rings (SSSR count). The van der Waals surface area contributed by atoms with Gasteiger partial charge in [0.15, 0.2) is 6.61 Å². The lowest BCUT2D eigenvalue weighted by atomic mass is 9.39. The maximum atomic E-state index is 13.4.